The van der Waals surface area contributed by atoms with Gasteiger partial charge in [0.25, 0.3) is 0 Å². The number of rotatable bonds is 7. The molecule has 0 saturated heterocycles. The Morgan fingerprint density at radius 1 is 1.20 bits per heavy atom. The first kappa shape index (κ1) is 15.5. The topological polar surface area (TPSA) is 49.8 Å². The second-order valence-electron chi connectivity index (χ2n) is 4.19. The van der Waals surface area contributed by atoms with Crippen molar-refractivity contribution in [2.45, 2.75) is 19.8 Å². The highest BCUT2D eigenvalue weighted by Crippen LogP contribution is 2.27. The lowest BCUT2D eigenvalue weighted by Crippen LogP contribution is -2.09. The zero-order valence-electron chi connectivity index (χ0n) is 11.1. The van der Waals surface area contributed by atoms with Crippen LogP contribution in [0.3, 0.4) is 0 Å². The van der Waals surface area contributed by atoms with Crippen LogP contribution in [0.2, 0.25) is 4.34 Å². The van der Waals surface area contributed by atoms with Crippen LogP contribution in [-0.4, -0.2) is 23.1 Å². The average Bonchev–Trinajstić information content (AvgIpc) is 2.85. The molecule has 0 bridgehead atoms. The summed E-state index contributed by atoms with van der Waals surface area (Å²) >= 11 is 11.1. The molecule has 0 fully saturated rings. The lowest BCUT2D eigenvalue weighted by atomic mass is 10.3. The van der Waals surface area contributed by atoms with Crippen LogP contribution in [0.4, 0.5) is 11.6 Å². The molecule has 0 radical (unpaired) electrons. The maximum atomic E-state index is 5.91. The molecular weight excluding hydrogens is 360 g/mol. The number of anilines is 2. The van der Waals surface area contributed by atoms with Crippen molar-refractivity contribution in [3.63, 3.8) is 0 Å². The zero-order chi connectivity index (χ0) is 14.4. The summed E-state index contributed by atoms with van der Waals surface area (Å²) in [6.45, 7) is 3.82. The molecule has 2 aromatic rings. The third-order valence-electron chi connectivity index (χ3n) is 2.62. The predicted molar refractivity (Wildman–Crippen MR) is 90.0 cm³/mol. The van der Waals surface area contributed by atoms with Crippen molar-refractivity contribution in [3.05, 3.63) is 32.1 Å². The third kappa shape index (κ3) is 4.33. The van der Waals surface area contributed by atoms with Gasteiger partial charge in [0.2, 0.25) is 0 Å². The van der Waals surface area contributed by atoms with Gasteiger partial charge >= 0.3 is 0 Å². The van der Waals surface area contributed by atoms with Gasteiger partial charge in [-0.25, -0.2) is 9.97 Å². The largest absolute Gasteiger partial charge is 0.369 e. The Hall–Kier alpha value is -0.850. The fourth-order valence-electron chi connectivity index (χ4n) is 1.65. The normalized spacial score (nSPS) is 10.6. The number of aromatic nitrogens is 2. The molecule has 2 heterocycles. The molecule has 0 atom stereocenters. The predicted octanol–water partition coefficient (Wildman–Crippen LogP) is 4.43. The van der Waals surface area contributed by atoms with E-state index in [4.69, 9.17) is 11.6 Å². The van der Waals surface area contributed by atoms with E-state index >= 15 is 0 Å². The molecule has 4 nitrogen and oxygen atoms in total. The van der Waals surface area contributed by atoms with Crippen molar-refractivity contribution in [1.29, 1.82) is 0 Å². The Labute approximate surface area is 136 Å². The van der Waals surface area contributed by atoms with Gasteiger partial charge in [-0.15, -0.1) is 11.3 Å². The Morgan fingerprint density at radius 2 is 1.90 bits per heavy atom. The number of hydrogen-bond donors (Lipinski definition) is 2. The monoisotopic (exact) mass is 374 g/mol. The van der Waals surface area contributed by atoms with Crippen LogP contribution in [0, 0.1) is 0 Å². The minimum absolute atomic E-state index is 0.805. The summed E-state index contributed by atoms with van der Waals surface area (Å²) in [6.07, 6.45) is 3.54. The highest BCUT2D eigenvalue weighted by molar-refractivity contribution is 9.10. The number of nitrogens with zero attached hydrogens (tertiary/aromatic N) is 2. The van der Waals surface area contributed by atoms with Crippen LogP contribution < -0.4 is 10.6 Å². The fraction of sp³-hybridized carbons (Fsp3) is 0.385. The van der Waals surface area contributed by atoms with Crippen LogP contribution >= 0.6 is 38.9 Å². The molecule has 2 rings (SSSR count). The van der Waals surface area contributed by atoms with E-state index in [9.17, 15) is 0 Å². The van der Waals surface area contributed by atoms with E-state index in [1.165, 1.54) is 4.88 Å². The molecule has 7 heteroatoms. The van der Waals surface area contributed by atoms with Gasteiger partial charge in [0, 0.05) is 18.0 Å². The minimum Gasteiger partial charge on any atom is -0.369 e. The van der Waals surface area contributed by atoms with Gasteiger partial charge in [0.05, 0.1) is 4.34 Å². The first-order valence-electron chi connectivity index (χ1n) is 6.43. The van der Waals surface area contributed by atoms with Crippen LogP contribution in [0.15, 0.2) is 22.9 Å². The second kappa shape index (κ2) is 7.81. The lowest BCUT2D eigenvalue weighted by molar-refractivity contribution is 0.958. The number of thiophene rings is 1. The summed E-state index contributed by atoms with van der Waals surface area (Å²) in [4.78, 5) is 9.73. The van der Waals surface area contributed by atoms with E-state index in [-0.39, 0.29) is 0 Å². The lowest BCUT2D eigenvalue weighted by Gasteiger charge is -2.10. The molecule has 0 amide bonds. The molecule has 20 heavy (non-hydrogen) atoms. The van der Waals surface area contributed by atoms with Crippen LogP contribution in [0.25, 0.3) is 0 Å². The first-order chi connectivity index (χ1) is 9.70. The molecule has 0 aliphatic rings. The van der Waals surface area contributed by atoms with Gasteiger partial charge < -0.3 is 10.6 Å². The summed E-state index contributed by atoms with van der Waals surface area (Å²) in [5.41, 5.74) is 0. The van der Waals surface area contributed by atoms with Gasteiger partial charge in [-0.3, -0.25) is 0 Å². The Balaban J connectivity index is 1.92. The highest BCUT2D eigenvalue weighted by atomic mass is 79.9. The molecular formula is C13H16BrClN4S. The highest BCUT2D eigenvalue weighted by Gasteiger charge is 2.07. The van der Waals surface area contributed by atoms with Crippen molar-refractivity contribution >= 4 is 50.5 Å². The maximum Gasteiger partial charge on any atom is 0.145 e. The Kier molecular flexibility index (Phi) is 6.06. The van der Waals surface area contributed by atoms with E-state index in [1.807, 2.05) is 6.07 Å². The van der Waals surface area contributed by atoms with E-state index in [2.05, 4.69) is 49.5 Å². The molecule has 0 aromatic carbocycles. The summed E-state index contributed by atoms with van der Waals surface area (Å²) < 4.78 is 1.70. The number of nitrogens with one attached hydrogen (secondary N) is 2. The summed E-state index contributed by atoms with van der Waals surface area (Å²) in [6, 6.07) is 3.98. The molecule has 0 spiro atoms. The maximum absolute atomic E-state index is 5.91. The van der Waals surface area contributed by atoms with Gasteiger partial charge in [-0.05, 0) is 40.9 Å². The fourth-order valence-corrected chi connectivity index (χ4v) is 3.22. The summed E-state index contributed by atoms with van der Waals surface area (Å²) in [5.74, 6) is 1.63. The Morgan fingerprint density at radius 3 is 2.50 bits per heavy atom. The Bertz CT molecular complexity index is 561. The van der Waals surface area contributed by atoms with Gasteiger partial charge in [-0.2, -0.15) is 0 Å². The summed E-state index contributed by atoms with van der Waals surface area (Å²) in [5, 5.41) is 6.57. The van der Waals surface area contributed by atoms with Gasteiger partial charge in [-0.1, -0.05) is 18.5 Å². The van der Waals surface area contributed by atoms with Gasteiger partial charge in [0.15, 0.2) is 0 Å². The third-order valence-corrected chi connectivity index (χ3v) is 4.67. The second-order valence-corrected chi connectivity index (χ2v) is 6.79. The van der Waals surface area contributed by atoms with E-state index < -0.39 is 0 Å². The van der Waals surface area contributed by atoms with Gasteiger partial charge in [0.1, 0.15) is 22.4 Å². The molecule has 108 valence electrons. The van der Waals surface area contributed by atoms with Crippen molar-refractivity contribution in [1.82, 2.24) is 9.97 Å². The van der Waals surface area contributed by atoms with Crippen molar-refractivity contribution in [2.75, 3.05) is 23.7 Å². The molecule has 2 N–H and O–H groups in total. The quantitative estimate of drug-likeness (QED) is 0.751. The number of halogens is 2. The van der Waals surface area contributed by atoms with E-state index in [0.717, 1.165) is 46.4 Å². The smallest absolute Gasteiger partial charge is 0.145 e. The molecule has 0 aliphatic carbocycles. The molecule has 0 aliphatic heterocycles. The first-order valence-corrected chi connectivity index (χ1v) is 8.42. The van der Waals surface area contributed by atoms with Crippen LogP contribution in [0.1, 0.15) is 18.2 Å². The summed E-state index contributed by atoms with van der Waals surface area (Å²) in [7, 11) is 0. The van der Waals surface area contributed by atoms with Crippen LogP contribution in [0.5, 0.6) is 0 Å². The minimum atomic E-state index is 0.805. The van der Waals surface area contributed by atoms with E-state index in [1.54, 1.807) is 17.7 Å². The van der Waals surface area contributed by atoms with Crippen molar-refractivity contribution in [2.24, 2.45) is 0 Å². The number of hydrogen-bond acceptors (Lipinski definition) is 5. The molecule has 0 saturated carbocycles. The van der Waals surface area contributed by atoms with Crippen molar-refractivity contribution in [3.8, 4) is 0 Å². The van der Waals surface area contributed by atoms with Crippen LogP contribution in [-0.2, 0) is 6.42 Å². The van der Waals surface area contributed by atoms with Crippen molar-refractivity contribution < 1.29 is 0 Å². The SMILES string of the molecule is CCCNc1ncnc(NCCc2ccc(Cl)s2)c1Br. The van der Waals surface area contributed by atoms with E-state index in [0.29, 0.717) is 0 Å². The zero-order valence-corrected chi connectivity index (χ0v) is 14.3. The standard InChI is InChI=1S/C13H16BrClN4S/c1-2-6-16-12-11(14)13(19-8-18-12)17-7-5-9-3-4-10(15)20-9/h3-4,8H,2,5-7H2,1H3,(H2,16,17,18,19). The molecule has 0 unspecified atom stereocenters. The molecule has 2 aromatic heterocycles. The average molecular weight is 376 g/mol.